The van der Waals surface area contributed by atoms with Crippen LogP contribution in [0.25, 0.3) is 0 Å². The number of hydrogen-bond donors (Lipinski definition) is 3. The first-order valence-corrected chi connectivity index (χ1v) is 8.33. The van der Waals surface area contributed by atoms with E-state index in [1.165, 1.54) is 0 Å². The monoisotopic (exact) mass is 361 g/mol. The fourth-order valence-corrected chi connectivity index (χ4v) is 2.39. The number of nitrogen functional groups attached to an aromatic ring is 1. The van der Waals surface area contributed by atoms with Crippen molar-refractivity contribution in [1.82, 2.24) is 0 Å². The third kappa shape index (κ3) is 4.85. The van der Waals surface area contributed by atoms with E-state index in [-0.39, 0.29) is 0 Å². The van der Waals surface area contributed by atoms with Crippen LogP contribution in [0.2, 0.25) is 0 Å². The van der Waals surface area contributed by atoms with Gasteiger partial charge in [-0.3, -0.25) is 9.59 Å². The van der Waals surface area contributed by atoms with Crippen molar-refractivity contribution < 1.29 is 14.3 Å². The third-order valence-electron chi connectivity index (χ3n) is 3.75. The molecule has 0 aliphatic heterocycles. The molecule has 0 saturated carbocycles. The number of carbonyl (C=O) groups excluding carboxylic acids is 2. The summed E-state index contributed by atoms with van der Waals surface area (Å²) in [5.41, 5.74) is 8.08. The third-order valence-corrected chi connectivity index (χ3v) is 3.75. The maximum absolute atomic E-state index is 12.1. The second kappa shape index (κ2) is 8.05. The Morgan fingerprint density at radius 3 is 2.11 bits per heavy atom. The molecule has 3 rings (SSSR count). The molecule has 0 spiro atoms. The highest BCUT2D eigenvalue weighted by molar-refractivity contribution is 6.43. The Morgan fingerprint density at radius 2 is 1.44 bits per heavy atom. The van der Waals surface area contributed by atoms with E-state index in [1.54, 1.807) is 42.5 Å². The lowest BCUT2D eigenvalue weighted by Crippen LogP contribution is -2.29. The fraction of sp³-hybridized carbons (Fsp3) is 0.0476. The molecule has 2 amide bonds. The SMILES string of the molecule is Cc1ccc(NC(=O)C(=O)Nc2ccc(Oc3ccccc3)cc2)c(N)c1. The largest absolute Gasteiger partial charge is 0.457 e. The van der Waals surface area contributed by atoms with Crippen molar-refractivity contribution in [2.75, 3.05) is 16.4 Å². The lowest BCUT2D eigenvalue weighted by atomic mass is 10.2. The van der Waals surface area contributed by atoms with Gasteiger partial charge in [0.05, 0.1) is 11.4 Å². The maximum atomic E-state index is 12.1. The molecule has 0 aliphatic carbocycles. The molecule has 27 heavy (non-hydrogen) atoms. The molecule has 0 aromatic heterocycles. The molecule has 4 N–H and O–H groups in total. The lowest BCUT2D eigenvalue weighted by molar-refractivity contribution is -0.132. The zero-order valence-electron chi connectivity index (χ0n) is 14.7. The molecule has 0 radical (unpaired) electrons. The van der Waals surface area contributed by atoms with Crippen LogP contribution in [0.15, 0.2) is 72.8 Å². The molecule has 0 heterocycles. The molecule has 0 bridgehead atoms. The second-order valence-electron chi connectivity index (χ2n) is 5.94. The quantitative estimate of drug-likeness (QED) is 0.484. The van der Waals surface area contributed by atoms with E-state index in [0.717, 1.165) is 5.56 Å². The number of rotatable bonds is 4. The van der Waals surface area contributed by atoms with E-state index in [9.17, 15) is 9.59 Å². The maximum Gasteiger partial charge on any atom is 0.314 e. The molecule has 0 aliphatic rings. The molecular formula is C21H19N3O3. The highest BCUT2D eigenvalue weighted by Crippen LogP contribution is 2.23. The van der Waals surface area contributed by atoms with Crippen molar-refractivity contribution in [2.24, 2.45) is 0 Å². The highest BCUT2D eigenvalue weighted by atomic mass is 16.5. The predicted molar refractivity (Wildman–Crippen MR) is 106 cm³/mol. The number of para-hydroxylation sites is 1. The van der Waals surface area contributed by atoms with Gasteiger partial charge in [0.1, 0.15) is 11.5 Å². The molecule has 0 atom stereocenters. The summed E-state index contributed by atoms with van der Waals surface area (Å²) < 4.78 is 5.68. The highest BCUT2D eigenvalue weighted by Gasteiger charge is 2.15. The summed E-state index contributed by atoms with van der Waals surface area (Å²) >= 11 is 0. The number of aryl methyl sites for hydroxylation is 1. The van der Waals surface area contributed by atoms with E-state index in [4.69, 9.17) is 10.5 Å². The molecule has 0 saturated heterocycles. The van der Waals surface area contributed by atoms with E-state index in [1.807, 2.05) is 37.3 Å². The lowest BCUT2D eigenvalue weighted by Gasteiger charge is -2.10. The summed E-state index contributed by atoms with van der Waals surface area (Å²) in [5.74, 6) is -0.248. The summed E-state index contributed by atoms with van der Waals surface area (Å²) in [6, 6.07) is 21.3. The topological polar surface area (TPSA) is 93.5 Å². The molecular weight excluding hydrogens is 342 g/mol. The van der Waals surface area contributed by atoms with Crippen molar-refractivity contribution >= 4 is 28.9 Å². The summed E-state index contributed by atoms with van der Waals surface area (Å²) in [4.78, 5) is 24.1. The van der Waals surface area contributed by atoms with Gasteiger partial charge >= 0.3 is 11.8 Å². The van der Waals surface area contributed by atoms with E-state index in [2.05, 4.69) is 10.6 Å². The minimum atomic E-state index is -0.796. The van der Waals surface area contributed by atoms with Gasteiger partial charge in [0, 0.05) is 5.69 Å². The normalized spacial score (nSPS) is 10.1. The number of benzene rings is 3. The van der Waals surface area contributed by atoms with E-state index >= 15 is 0 Å². The fourth-order valence-electron chi connectivity index (χ4n) is 2.39. The van der Waals surface area contributed by atoms with Crippen LogP contribution >= 0.6 is 0 Å². The van der Waals surface area contributed by atoms with Crippen LogP contribution in [0, 0.1) is 6.92 Å². The van der Waals surface area contributed by atoms with Crippen LogP contribution < -0.4 is 21.1 Å². The van der Waals surface area contributed by atoms with Gasteiger partial charge in [0.15, 0.2) is 0 Å². The minimum Gasteiger partial charge on any atom is -0.457 e. The molecule has 136 valence electrons. The van der Waals surface area contributed by atoms with Gasteiger partial charge in [-0.2, -0.15) is 0 Å². The summed E-state index contributed by atoms with van der Waals surface area (Å²) in [7, 11) is 0. The smallest absolute Gasteiger partial charge is 0.314 e. The van der Waals surface area contributed by atoms with E-state index < -0.39 is 11.8 Å². The van der Waals surface area contributed by atoms with Crippen molar-refractivity contribution in [3.8, 4) is 11.5 Å². The Balaban J connectivity index is 1.59. The average Bonchev–Trinajstić information content (AvgIpc) is 2.66. The molecule has 6 nitrogen and oxygen atoms in total. The summed E-state index contributed by atoms with van der Waals surface area (Å²) in [6.07, 6.45) is 0. The van der Waals surface area contributed by atoms with Crippen molar-refractivity contribution in [2.45, 2.75) is 6.92 Å². The second-order valence-corrected chi connectivity index (χ2v) is 5.94. The standard InChI is InChI=1S/C21H19N3O3/c1-14-7-12-19(18(22)13-14)24-21(26)20(25)23-15-8-10-17(11-9-15)27-16-5-3-2-4-6-16/h2-13H,22H2,1H3,(H,23,25)(H,24,26). The van der Waals surface area contributed by atoms with Gasteiger partial charge in [-0.05, 0) is 61.0 Å². The van der Waals surface area contributed by atoms with Gasteiger partial charge in [0.25, 0.3) is 0 Å². The van der Waals surface area contributed by atoms with Gasteiger partial charge in [-0.25, -0.2) is 0 Å². The molecule has 3 aromatic rings. The summed E-state index contributed by atoms with van der Waals surface area (Å²) in [6.45, 7) is 1.89. The van der Waals surface area contributed by atoms with Crippen LogP contribution in [0.4, 0.5) is 17.1 Å². The van der Waals surface area contributed by atoms with Crippen LogP contribution in [-0.4, -0.2) is 11.8 Å². The number of carbonyl (C=O) groups is 2. The van der Waals surface area contributed by atoms with Crippen LogP contribution in [0.1, 0.15) is 5.56 Å². The van der Waals surface area contributed by atoms with Crippen molar-refractivity contribution in [3.05, 3.63) is 78.4 Å². The molecule has 0 fully saturated rings. The summed E-state index contributed by atoms with van der Waals surface area (Å²) in [5, 5.41) is 5.04. The first-order chi connectivity index (χ1) is 13.0. The van der Waals surface area contributed by atoms with Gasteiger partial charge in [-0.15, -0.1) is 0 Å². The molecule has 6 heteroatoms. The van der Waals surface area contributed by atoms with Crippen LogP contribution in [-0.2, 0) is 9.59 Å². The number of ether oxygens (including phenoxy) is 1. The van der Waals surface area contributed by atoms with Gasteiger partial charge in [-0.1, -0.05) is 24.3 Å². The van der Waals surface area contributed by atoms with E-state index in [0.29, 0.717) is 28.6 Å². The average molecular weight is 361 g/mol. The Morgan fingerprint density at radius 1 is 0.815 bits per heavy atom. The van der Waals surface area contributed by atoms with Gasteiger partial charge in [0.2, 0.25) is 0 Å². The molecule has 3 aromatic carbocycles. The Labute approximate surface area is 157 Å². The van der Waals surface area contributed by atoms with Crippen molar-refractivity contribution in [1.29, 1.82) is 0 Å². The van der Waals surface area contributed by atoms with Crippen LogP contribution in [0.3, 0.4) is 0 Å². The molecule has 0 unspecified atom stereocenters. The number of hydrogen-bond acceptors (Lipinski definition) is 4. The van der Waals surface area contributed by atoms with Crippen molar-refractivity contribution in [3.63, 3.8) is 0 Å². The minimum absolute atomic E-state index is 0.396. The Hall–Kier alpha value is -3.80. The Kier molecular flexibility index (Phi) is 5.37. The zero-order valence-corrected chi connectivity index (χ0v) is 14.7. The first-order valence-electron chi connectivity index (χ1n) is 8.33. The number of anilines is 3. The predicted octanol–water partition coefficient (Wildman–Crippen LogP) is 3.95. The Bertz CT molecular complexity index is 954. The zero-order chi connectivity index (χ0) is 19.2. The number of nitrogens with one attached hydrogen (secondary N) is 2. The van der Waals surface area contributed by atoms with Crippen LogP contribution in [0.5, 0.6) is 11.5 Å². The van der Waals surface area contributed by atoms with Gasteiger partial charge < -0.3 is 21.1 Å². The first kappa shape index (κ1) is 18.0. The number of nitrogens with two attached hydrogens (primary N) is 1. The number of amides is 2.